The van der Waals surface area contributed by atoms with Crippen LogP contribution >= 0.6 is 22.2 Å². The number of fused-ring (bicyclic) bond motifs is 4. The fourth-order valence-corrected chi connectivity index (χ4v) is 12.6. The average Bonchev–Trinajstić information content (AvgIpc) is 3.08. The summed E-state index contributed by atoms with van der Waals surface area (Å²) in [5.41, 5.74) is 1.25. The van der Waals surface area contributed by atoms with Gasteiger partial charge in [-0.2, -0.15) is 0 Å². The number of rotatable bonds is 2. The first kappa shape index (κ1) is 11.1. The molecule has 17 heavy (non-hydrogen) atoms. The van der Waals surface area contributed by atoms with Gasteiger partial charge >= 0.3 is 0 Å². The van der Waals surface area contributed by atoms with Crippen LogP contribution in [0.25, 0.3) is 0 Å². The molecule has 4 bridgehead atoms. The van der Waals surface area contributed by atoms with Gasteiger partial charge in [0, 0.05) is 0 Å². The van der Waals surface area contributed by atoms with E-state index in [0.29, 0.717) is 34.8 Å². The normalized spacial score (nSPS) is 50.7. The lowest BCUT2D eigenvalue weighted by atomic mass is 10.1. The van der Waals surface area contributed by atoms with Crippen molar-refractivity contribution in [2.75, 3.05) is 0 Å². The number of hydrogen-bond donors (Lipinski definition) is 0. The van der Waals surface area contributed by atoms with E-state index in [1.807, 2.05) is 0 Å². The average molecular weight is 285 g/mol. The molecule has 92 valence electrons. The fraction of sp³-hybridized carbons (Fsp3) is 0.714. The fourth-order valence-electron chi connectivity index (χ4n) is 4.92. The third-order valence-electron chi connectivity index (χ3n) is 5.61. The summed E-state index contributed by atoms with van der Waals surface area (Å²) in [7, 11) is 0. The minimum absolute atomic E-state index is 0.624. The van der Waals surface area contributed by atoms with Gasteiger partial charge in [0.1, 0.15) is 0 Å². The Kier molecular flexibility index (Phi) is 2.39. The Morgan fingerprint density at radius 2 is 0.941 bits per heavy atom. The van der Waals surface area contributed by atoms with E-state index in [0.717, 1.165) is 0 Å². The summed E-state index contributed by atoms with van der Waals surface area (Å²) in [6, 6.07) is 0. The molecule has 4 unspecified atom stereocenters. The third-order valence-corrected chi connectivity index (χ3v) is 12.1. The summed E-state index contributed by atoms with van der Waals surface area (Å²) in [5, 5.41) is 0. The Hall–Kier alpha value is 0.277. The van der Waals surface area contributed by atoms with E-state index >= 15 is 0 Å². The summed E-state index contributed by atoms with van der Waals surface area (Å²) in [5.74, 6) is 2.84. The van der Waals surface area contributed by atoms with E-state index in [4.69, 9.17) is 22.2 Å². The number of allylic oxidation sites excluding steroid dienone is 4. The molecule has 2 fully saturated rings. The Bertz CT molecular complexity index is 337. The highest BCUT2D eigenvalue weighted by Gasteiger charge is 2.60. The van der Waals surface area contributed by atoms with Gasteiger partial charge in [0.05, 0.1) is 0 Å². The first-order valence-corrected chi connectivity index (χ1v) is 11.1. The molecule has 4 aliphatic carbocycles. The minimum atomic E-state index is -2.15. The molecular formula is C14H18Cl2Si. The first-order valence-electron chi connectivity index (χ1n) is 6.92. The van der Waals surface area contributed by atoms with Gasteiger partial charge in [-0.3, -0.25) is 0 Å². The van der Waals surface area contributed by atoms with Crippen LogP contribution < -0.4 is 0 Å². The summed E-state index contributed by atoms with van der Waals surface area (Å²) >= 11 is 14.1. The van der Waals surface area contributed by atoms with Crippen LogP contribution in [-0.4, -0.2) is 6.69 Å². The zero-order valence-electron chi connectivity index (χ0n) is 9.86. The molecule has 0 spiro atoms. The van der Waals surface area contributed by atoms with E-state index in [9.17, 15) is 0 Å². The van der Waals surface area contributed by atoms with Gasteiger partial charge in [0.2, 0.25) is 0 Å². The lowest BCUT2D eigenvalue weighted by Gasteiger charge is -2.35. The van der Waals surface area contributed by atoms with Gasteiger partial charge in [0.15, 0.2) is 0 Å². The maximum absolute atomic E-state index is 7.03. The molecule has 0 aliphatic heterocycles. The Labute approximate surface area is 113 Å². The number of halogens is 2. The molecule has 4 atom stereocenters. The highest BCUT2D eigenvalue weighted by molar-refractivity contribution is 7.46. The van der Waals surface area contributed by atoms with Crippen molar-refractivity contribution in [3.8, 4) is 0 Å². The van der Waals surface area contributed by atoms with Gasteiger partial charge < -0.3 is 0 Å². The van der Waals surface area contributed by atoms with Crippen LogP contribution in [0.2, 0.25) is 11.1 Å². The quantitative estimate of drug-likeness (QED) is 0.387. The molecule has 3 heteroatoms. The predicted octanol–water partition coefficient (Wildman–Crippen LogP) is 4.84. The molecular weight excluding hydrogens is 267 g/mol. The highest BCUT2D eigenvalue weighted by atomic mass is 35.7. The van der Waals surface area contributed by atoms with Gasteiger partial charge in [-0.15, -0.1) is 22.2 Å². The Balaban J connectivity index is 1.65. The first-order chi connectivity index (χ1) is 8.18. The second kappa shape index (κ2) is 3.65. The summed E-state index contributed by atoms with van der Waals surface area (Å²) in [6.07, 6.45) is 14.9. The van der Waals surface area contributed by atoms with Crippen LogP contribution in [0.5, 0.6) is 0 Å². The zero-order valence-corrected chi connectivity index (χ0v) is 12.4. The maximum atomic E-state index is 7.03. The third kappa shape index (κ3) is 1.42. The van der Waals surface area contributed by atoms with E-state index in [1.165, 1.54) is 25.7 Å². The van der Waals surface area contributed by atoms with Crippen LogP contribution in [0.4, 0.5) is 0 Å². The van der Waals surface area contributed by atoms with Crippen molar-refractivity contribution in [1.82, 2.24) is 0 Å². The van der Waals surface area contributed by atoms with Crippen LogP contribution in [0, 0.1) is 23.7 Å². The molecule has 0 aromatic carbocycles. The van der Waals surface area contributed by atoms with Gasteiger partial charge in [-0.1, -0.05) is 24.3 Å². The molecule has 0 heterocycles. The molecule has 0 radical (unpaired) electrons. The minimum Gasteiger partial charge on any atom is -0.145 e. The van der Waals surface area contributed by atoms with Crippen LogP contribution in [0.1, 0.15) is 25.7 Å². The summed E-state index contributed by atoms with van der Waals surface area (Å²) in [4.78, 5) is 0. The number of hydrogen-bond acceptors (Lipinski definition) is 0. The van der Waals surface area contributed by atoms with Crippen LogP contribution in [0.3, 0.4) is 0 Å². The van der Waals surface area contributed by atoms with Crippen LogP contribution in [-0.2, 0) is 0 Å². The lowest BCUT2D eigenvalue weighted by molar-refractivity contribution is 0.610. The van der Waals surface area contributed by atoms with Crippen molar-refractivity contribution in [2.45, 2.75) is 36.8 Å². The van der Waals surface area contributed by atoms with Crippen molar-refractivity contribution >= 4 is 28.9 Å². The highest BCUT2D eigenvalue weighted by Crippen LogP contribution is 2.65. The largest absolute Gasteiger partial charge is 0.259 e. The maximum Gasteiger partial charge on any atom is 0.259 e. The molecule has 2 saturated carbocycles. The molecule has 0 amide bonds. The smallest absolute Gasteiger partial charge is 0.145 e. The standard InChI is InChI=1S/C14H18Cl2Si/c15-17(16,13-9-1-2-10(13)4-3-9)14-11-5-6-12(14)8-7-11/h1-2,5-6,9-14H,3-4,7-8H2. The van der Waals surface area contributed by atoms with Crippen molar-refractivity contribution in [2.24, 2.45) is 23.7 Å². The lowest BCUT2D eigenvalue weighted by Crippen LogP contribution is -2.38. The van der Waals surface area contributed by atoms with Gasteiger partial charge in [-0.25, -0.2) is 0 Å². The molecule has 0 saturated heterocycles. The summed E-state index contributed by atoms with van der Waals surface area (Å²) < 4.78 is 0. The SMILES string of the molecule is Cl[Si](Cl)(C1C2C=CC1CC2)C1C2C=CC1CC2. The van der Waals surface area contributed by atoms with E-state index in [1.54, 1.807) is 0 Å². The van der Waals surface area contributed by atoms with E-state index in [-0.39, 0.29) is 0 Å². The Morgan fingerprint density at radius 1 is 0.647 bits per heavy atom. The van der Waals surface area contributed by atoms with Crippen molar-refractivity contribution in [3.63, 3.8) is 0 Å². The molecule has 0 N–H and O–H groups in total. The Morgan fingerprint density at radius 3 is 1.18 bits per heavy atom. The predicted molar refractivity (Wildman–Crippen MR) is 75.7 cm³/mol. The van der Waals surface area contributed by atoms with E-state index < -0.39 is 6.69 Å². The van der Waals surface area contributed by atoms with Crippen molar-refractivity contribution < 1.29 is 0 Å². The second-order valence-electron chi connectivity index (χ2n) is 6.31. The van der Waals surface area contributed by atoms with Crippen LogP contribution in [0.15, 0.2) is 24.3 Å². The molecule has 4 aliphatic rings. The second-order valence-corrected chi connectivity index (χ2v) is 13.3. The monoisotopic (exact) mass is 284 g/mol. The van der Waals surface area contributed by atoms with Crippen molar-refractivity contribution in [3.05, 3.63) is 24.3 Å². The van der Waals surface area contributed by atoms with Gasteiger partial charge in [0.25, 0.3) is 6.69 Å². The van der Waals surface area contributed by atoms with Crippen molar-refractivity contribution in [1.29, 1.82) is 0 Å². The van der Waals surface area contributed by atoms with Gasteiger partial charge in [-0.05, 0) is 60.4 Å². The topological polar surface area (TPSA) is 0 Å². The van der Waals surface area contributed by atoms with E-state index in [2.05, 4.69) is 24.3 Å². The molecule has 0 aromatic heterocycles. The summed E-state index contributed by atoms with van der Waals surface area (Å²) in [6.45, 7) is -2.15. The zero-order chi connectivity index (χ0) is 11.6. The molecule has 0 aromatic rings. The molecule has 0 nitrogen and oxygen atoms in total. The molecule has 4 rings (SSSR count).